The Morgan fingerprint density at radius 1 is 1.00 bits per heavy atom. The fraction of sp³-hybridized carbons (Fsp3) is 0.176. The Bertz CT molecular complexity index is 596. The fourth-order valence-electron chi connectivity index (χ4n) is 1.89. The average molecular weight is 283 g/mol. The first-order valence-electron chi connectivity index (χ1n) is 6.77. The third-order valence-corrected chi connectivity index (χ3v) is 3.09. The molecule has 2 rings (SSSR count). The van der Waals surface area contributed by atoms with E-state index in [-0.39, 0.29) is 11.8 Å². The van der Waals surface area contributed by atoms with Gasteiger partial charge in [0.05, 0.1) is 5.56 Å². The first-order chi connectivity index (χ1) is 10.2. The molecule has 108 valence electrons. The van der Waals surface area contributed by atoms with Crippen LogP contribution in [0.25, 0.3) is 0 Å². The van der Waals surface area contributed by atoms with E-state index in [1.54, 1.807) is 37.3 Å². The number of hydrogen-bond donors (Lipinski definition) is 1. The van der Waals surface area contributed by atoms with Gasteiger partial charge < -0.3 is 4.84 Å². The molecule has 4 heteroatoms. The first kappa shape index (κ1) is 14.8. The van der Waals surface area contributed by atoms with E-state index < -0.39 is 5.97 Å². The Labute approximate surface area is 123 Å². The Hall–Kier alpha value is -2.62. The maximum absolute atomic E-state index is 11.9. The van der Waals surface area contributed by atoms with Gasteiger partial charge >= 0.3 is 5.97 Å². The van der Waals surface area contributed by atoms with E-state index in [9.17, 15) is 9.59 Å². The Morgan fingerprint density at radius 2 is 1.57 bits per heavy atom. The number of rotatable bonds is 4. The minimum absolute atomic E-state index is 0.282. The predicted molar refractivity (Wildman–Crippen MR) is 79.3 cm³/mol. The average Bonchev–Trinajstić information content (AvgIpc) is 2.54. The number of hydrogen-bond acceptors (Lipinski definition) is 3. The predicted octanol–water partition coefficient (Wildman–Crippen LogP) is 2.75. The van der Waals surface area contributed by atoms with E-state index in [1.165, 1.54) is 0 Å². The molecule has 0 saturated heterocycles. The molecular formula is C17H17NO3. The summed E-state index contributed by atoms with van der Waals surface area (Å²) in [6.07, 6.45) is 0.593. The maximum atomic E-state index is 11.9. The van der Waals surface area contributed by atoms with Crippen LogP contribution in [-0.2, 0) is 16.1 Å². The fourth-order valence-corrected chi connectivity index (χ4v) is 1.89. The summed E-state index contributed by atoms with van der Waals surface area (Å²) in [5.41, 5.74) is 3.67. The normalized spacial score (nSPS) is 11.5. The molecule has 4 nitrogen and oxygen atoms in total. The van der Waals surface area contributed by atoms with Gasteiger partial charge in [0, 0.05) is 5.92 Å². The van der Waals surface area contributed by atoms with Crippen molar-refractivity contribution in [1.29, 1.82) is 0 Å². The molecule has 0 aromatic heterocycles. The van der Waals surface area contributed by atoms with Gasteiger partial charge in [-0.2, -0.15) is 5.48 Å². The standard InChI is InChI=1S/C17H17NO3/c1-13(12-14-8-4-2-5-9-14)16(19)18-21-17(20)15-10-6-3-7-11-15/h2-11,13H,12H2,1H3,(H,18,19)/t13-/m0/s1. The van der Waals surface area contributed by atoms with Crippen molar-refractivity contribution in [1.82, 2.24) is 5.48 Å². The van der Waals surface area contributed by atoms with Gasteiger partial charge in [0.1, 0.15) is 0 Å². The summed E-state index contributed by atoms with van der Waals surface area (Å²) < 4.78 is 0. The second kappa shape index (κ2) is 7.24. The second-order valence-corrected chi connectivity index (χ2v) is 4.81. The molecule has 2 aromatic rings. The number of benzene rings is 2. The topological polar surface area (TPSA) is 55.4 Å². The molecule has 1 N–H and O–H groups in total. The molecular weight excluding hydrogens is 266 g/mol. The third-order valence-electron chi connectivity index (χ3n) is 3.09. The zero-order chi connectivity index (χ0) is 15.1. The van der Waals surface area contributed by atoms with Crippen LogP contribution in [0.15, 0.2) is 60.7 Å². The summed E-state index contributed by atoms with van der Waals surface area (Å²) in [4.78, 5) is 28.4. The molecule has 0 aliphatic rings. The molecule has 0 heterocycles. The zero-order valence-electron chi connectivity index (χ0n) is 11.8. The minimum atomic E-state index is -0.573. The van der Waals surface area contributed by atoms with E-state index in [1.807, 2.05) is 30.3 Å². The van der Waals surface area contributed by atoms with Gasteiger partial charge in [-0.05, 0) is 24.1 Å². The van der Waals surface area contributed by atoms with Crippen LogP contribution in [0.1, 0.15) is 22.8 Å². The summed E-state index contributed by atoms with van der Waals surface area (Å²) in [7, 11) is 0. The smallest absolute Gasteiger partial charge is 0.335 e. The van der Waals surface area contributed by atoms with Crippen molar-refractivity contribution in [3.8, 4) is 0 Å². The van der Waals surface area contributed by atoms with Crippen LogP contribution in [0.5, 0.6) is 0 Å². The summed E-state index contributed by atoms with van der Waals surface area (Å²) in [6.45, 7) is 1.79. The lowest BCUT2D eigenvalue weighted by Crippen LogP contribution is -2.32. The number of carbonyl (C=O) groups is 2. The van der Waals surface area contributed by atoms with E-state index >= 15 is 0 Å². The molecule has 1 atom stereocenters. The van der Waals surface area contributed by atoms with E-state index in [4.69, 9.17) is 4.84 Å². The monoisotopic (exact) mass is 283 g/mol. The van der Waals surface area contributed by atoms with Crippen molar-refractivity contribution in [3.05, 3.63) is 71.8 Å². The molecule has 0 aliphatic heterocycles. The second-order valence-electron chi connectivity index (χ2n) is 4.81. The highest BCUT2D eigenvalue weighted by Crippen LogP contribution is 2.08. The number of amides is 1. The Balaban J connectivity index is 1.83. The van der Waals surface area contributed by atoms with Crippen LogP contribution in [0.2, 0.25) is 0 Å². The van der Waals surface area contributed by atoms with Crippen molar-refractivity contribution >= 4 is 11.9 Å². The third kappa shape index (κ3) is 4.45. The molecule has 0 spiro atoms. The lowest BCUT2D eigenvalue weighted by Gasteiger charge is -2.11. The zero-order valence-corrected chi connectivity index (χ0v) is 11.8. The van der Waals surface area contributed by atoms with E-state index in [0.29, 0.717) is 12.0 Å². The maximum Gasteiger partial charge on any atom is 0.362 e. The van der Waals surface area contributed by atoms with Crippen molar-refractivity contribution < 1.29 is 14.4 Å². The molecule has 0 aliphatic carbocycles. The molecule has 0 saturated carbocycles. The minimum Gasteiger partial charge on any atom is -0.335 e. The van der Waals surface area contributed by atoms with Gasteiger partial charge in [-0.3, -0.25) is 4.79 Å². The van der Waals surface area contributed by atoms with Crippen LogP contribution < -0.4 is 5.48 Å². The van der Waals surface area contributed by atoms with Crippen molar-refractivity contribution in [2.24, 2.45) is 5.92 Å². The van der Waals surface area contributed by atoms with Gasteiger partial charge in [-0.15, -0.1) is 0 Å². The summed E-state index contributed by atoms with van der Waals surface area (Å²) >= 11 is 0. The van der Waals surface area contributed by atoms with E-state index in [0.717, 1.165) is 5.56 Å². The van der Waals surface area contributed by atoms with Crippen LogP contribution in [-0.4, -0.2) is 11.9 Å². The highest BCUT2D eigenvalue weighted by molar-refractivity contribution is 5.90. The van der Waals surface area contributed by atoms with Gasteiger partial charge in [0.25, 0.3) is 5.91 Å². The number of carbonyl (C=O) groups excluding carboxylic acids is 2. The SMILES string of the molecule is C[C@@H](Cc1ccccc1)C(=O)NOC(=O)c1ccccc1. The molecule has 1 amide bonds. The number of hydroxylamine groups is 1. The lowest BCUT2D eigenvalue weighted by molar-refractivity contribution is -0.133. The molecule has 21 heavy (non-hydrogen) atoms. The highest BCUT2D eigenvalue weighted by Gasteiger charge is 2.16. The quantitative estimate of drug-likeness (QED) is 0.878. The largest absolute Gasteiger partial charge is 0.362 e. The Kier molecular flexibility index (Phi) is 5.10. The van der Waals surface area contributed by atoms with Gasteiger partial charge in [-0.1, -0.05) is 55.5 Å². The summed E-state index contributed by atoms with van der Waals surface area (Å²) in [6, 6.07) is 18.2. The van der Waals surface area contributed by atoms with Crippen LogP contribution >= 0.6 is 0 Å². The van der Waals surface area contributed by atoms with Crippen molar-refractivity contribution in [2.75, 3.05) is 0 Å². The van der Waals surface area contributed by atoms with Gasteiger partial charge in [0.2, 0.25) is 0 Å². The van der Waals surface area contributed by atoms with Crippen LogP contribution in [0, 0.1) is 5.92 Å². The first-order valence-corrected chi connectivity index (χ1v) is 6.77. The lowest BCUT2D eigenvalue weighted by atomic mass is 10.0. The van der Waals surface area contributed by atoms with Gasteiger partial charge in [-0.25, -0.2) is 4.79 Å². The van der Waals surface area contributed by atoms with Gasteiger partial charge in [0.15, 0.2) is 0 Å². The molecule has 0 fully saturated rings. The molecule has 0 bridgehead atoms. The summed E-state index contributed by atoms with van der Waals surface area (Å²) in [5.74, 6) is -1.17. The van der Waals surface area contributed by atoms with Crippen LogP contribution in [0.3, 0.4) is 0 Å². The van der Waals surface area contributed by atoms with E-state index in [2.05, 4.69) is 5.48 Å². The van der Waals surface area contributed by atoms with Crippen molar-refractivity contribution in [3.63, 3.8) is 0 Å². The summed E-state index contributed by atoms with van der Waals surface area (Å²) in [5, 5.41) is 0. The van der Waals surface area contributed by atoms with Crippen molar-refractivity contribution in [2.45, 2.75) is 13.3 Å². The number of nitrogens with one attached hydrogen (secondary N) is 1. The Morgan fingerprint density at radius 3 is 2.19 bits per heavy atom. The molecule has 2 aromatic carbocycles. The molecule has 0 unspecified atom stereocenters. The highest BCUT2D eigenvalue weighted by atomic mass is 16.7. The molecule has 0 radical (unpaired) electrons. The van der Waals surface area contributed by atoms with Crippen LogP contribution in [0.4, 0.5) is 0 Å².